The lowest BCUT2D eigenvalue weighted by Gasteiger charge is -2.02. The first-order chi connectivity index (χ1) is 8.08. The third-order valence-corrected chi connectivity index (χ3v) is 2.64. The minimum Gasteiger partial charge on any atom is -0.347 e. The lowest BCUT2D eigenvalue weighted by Crippen LogP contribution is -2.15. The lowest BCUT2D eigenvalue weighted by molar-refractivity contribution is 0.101. The molecule has 0 bridgehead atoms. The minimum absolute atomic E-state index is 0.153. The van der Waals surface area contributed by atoms with Gasteiger partial charge in [0.15, 0.2) is 5.82 Å². The van der Waals surface area contributed by atoms with Crippen molar-refractivity contribution in [3.63, 3.8) is 0 Å². The normalized spacial score (nSPS) is 10.8. The van der Waals surface area contributed by atoms with Gasteiger partial charge >= 0.3 is 0 Å². The molecule has 5 nitrogen and oxygen atoms in total. The Morgan fingerprint density at radius 1 is 1.53 bits per heavy atom. The summed E-state index contributed by atoms with van der Waals surface area (Å²) in [6.45, 7) is 4.13. The van der Waals surface area contributed by atoms with E-state index >= 15 is 0 Å². The molecule has 2 aromatic heterocycles. The third kappa shape index (κ3) is 2.38. The quantitative estimate of drug-likeness (QED) is 0.851. The molecule has 2 aromatic rings. The average molecular weight is 232 g/mol. The van der Waals surface area contributed by atoms with Gasteiger partial charge in [0, 0.05) is 25.0 Å². The van der Waals surface area contributed by atoms with Gasteiger partial charge in [0.1, 0.15) is 5.69 Å². The van der Waals surface area contributed by atoms with Crippen molar-refractivity contribution in [1.29, 1.82) is 0 Å². The fourth-order valence-corrected chi connectivity index (χ4v) is 1.57. The van der Waals surface area contributed by atoms with Crippen LogP contribution < -0.4 is 5.32 Å². The topological polar surface area (TPSA) is 62.7 Å². The van der Waals surface area contributed by atoms with Crippen LogP contribution >= 0.6 is 0 Å². The smallest absolute Gasteiger partial charge is 0.273 e. The lowest BCUT2D eigenvalue weighted by atomic mass is 10.1. The number of hydrogen-bond donors (Lipinski definition) is 2. The summed E-state index contributed by atoms with van der Waals surface area (Å²) in [6.07, 6.45) is 1.83. The van der Waals surface area contributed by atoms with Crippen LogP contribution in [0.3, 0.4) is 0 Å². The molecule has 0 aliphatic heterocycles. The molecule has 90 valence electrons. The second-order valence-corrected chi connectivity index (χ2v) is 4.32. The van der Waals surface area contributed by atoms with Gasteiger partial charge in [0.05, 0.1) is 0 Å². The highest BCUT2D eigenvalue weighted by Crippen LogP contribution is 2.15. The van der Waals surface area contributed by atoms with E-state index in [1.807, 2.05) is 25.4 Å². The molecule has 0 fully saturated rings. The van der Waals surface area contributed by atoms with Gasteiger partial charge in [-0.1, -0.05) is 13.8 Å². The van der Waals surface area contributed by atoms with E-state index in [2.05, 4.69) is 29.4 Å². The maximum absolute atomic E-state index is 11.9. The van der Waals surface area contributed by atoms with Crippen molar-refractivity contribution in [2.45, 2.75) is 19.8 Å². The van der Waals surface area contributed by atoms with E-state index < -0.39 is 0 Å². The summed E-state index contributed by atoms with van der Waals surface area (Å²) in [5.74, 6) is 0.766. The molecule has 2 rings (SSSR count). The van der Waals surface area contributed by atoms with Crippen molar-refractivity contribution in [2.75, 3.05) is 5.32 Å². The minimum atomic E-state index is -0.153. The van der Waals surface area contributed by atoms with Crippen LogP contribution in [0.2, 0.25) is 0 Å². The largest absolute Gasteiger partial charge is 0.347 e. The fraction of sp³-hybridized carbons (Fsp3) is 0.333. The number of H-pyrrole nitrogens is 1. The number of nitrogens with one attached hydrogen (secondary N) is 2. The van der Waals surface area contributed by atoms with Gasteiger partial charge in [-0.2, -0.15) is 5.10 Å². The monoisotopic (exact) mass is 232 g/mol. The van der Waals surface area contributed by atoms with Crippen LogP contribution in [0.1, 0.15) is 35.9 Å². The van der Waals surface area contributed by atoms with Crippen molar-refractivity contribution >= 4 is 11.7 Å². The summed E-state index contributed by atoms with van der Waals surface area (Å²) in [6, 6.07) is 5.45. The molecule has 5 heteroatoms. The maximum atomic E-state index is 11.9. The standard InChI is InChI=1S/C12H16N4O/c1-8(2)9-7-11(15-14-9)13-12(17)10-5-4-6-16(10)3/h4-8H,1-3H3,(H2,13,14,15,17). The van der Waals surface area contributed by atoms with Crippen molar-refractivity contribution in [3.05, 3.63) is 35.8 Å². The van der Waals surface area contributed by atoms with E-state index in [-0.39, 0.29) is 5.91 Å². The zero-order valence-corrected chi connectivity index (χ0v) is 10.2. The highest BCUT2D eigenvalue weighted by atomic mass is 16.2. The molecule has 0 aromatic carbocycles. The fourth-order valence-electron chi connectivity index (χ4n) is 1.57. The van der Waals surface area contributed by atoms with Crippen molar-refractivity contribution in [3.8, 4) is 0 Å². The van der Waals surface area contributed by atoms with Gasteiger partial charge < -0.3 is 9.88 Å². The van der Waals surface area contributed by atoms with E-state index in [0.717, 1.165) is 5.69 Å². The summed E-state index contributed by atoms with van der Waals surface area (Å²) in [5, 5.41) is 9.71. The van der Waals surface area contributed by atoms with Crippen molar-refractivity contribution in [1.82, 2.24) is 14.8 Å². The Balaban J connectivity index is 2.11. The van der Waals surface area contributed by atoms with Crippen LogP contribution in [0.5, 0.6) is 0 Å². The molecule has 2 N–H and O–H groups in total. The Hall–Kier alpha value is -2.04. The first kappa shape index (κ1) is 11.4. The summed E-state index contributed by atoms with van der Waals surface area (Å²) in [7, 11) is 1.83. The van der Waals surface area contributed by atoms with Gasteiger partial charge in [-0.25, -0.2) is 0 Å². The highest BCUT2D eigenvalue weighted by molar-refractivity contribution is 6.02. The Morgan fingerprint density at radius 3 is 2.82 bits per heavy atom. The molecule has 0 spiro atoms. The van der Waals surface area contributed by atoms with Crippen LogP contribution in [-0.2, 0) is 7.05 Å². The van der Waals surface area contributed by atoms with E-state index in [1.54, 1.807) is 10.6 Å². The summed E-state index contributed by atoms with van der Waals surface area (Å²) < 4.78 is 1.77. The second-order valence-electron chi connectivity index (χ2n) is 4.32. The van der Waals surface area contributed by atoms with E-state index in [4.69, 9.17) is 0 Å². The molecule has 0 radical (unpaired) electrons. The number of hydrogen-bond acceptors (Lipinski definition) is 2. The number of anilines is 1. The first-order valence-electron chi connectivity index (χ1n) is 5.56. The molecule has 0 saturated carbocycles. The summed E-state index contributed by atoms with van der Waals surface area (Å²) in [5.41, 5.74) is 1.62. The average Bonchev–Trinajstić information content (AvgIpc) is 2.86. The van der Waals surface area contributed by atoms with Gasteiger partial charge in [-0.05, 0) is 18.1 Å². The van der Waals surface area contributed by atoms with E-state index in [0.29, 0.717) is 17.4 Å². The van der Waals surface area contributed by atoms with Crippen molar-refractivity contribution in [2.24, 2.45) is 7.05 Å². The molecule has 17 heavy (non-hydrogen) atoms. The number of nitrogens with zero attached hydrogens (tertiary/aromatic N) is 2. The first-order valence-corrected chi connectivity index (χ1v) is 5.56. The highest BCUT2D eigenvalue weighted by Gasteiger charge is 2.11. The number of rotatable bonds is 3. The predicted octanol–water partition coefficient (Wildman–Crippen LogP) is 2.12. The second kappa shape index (κ2) is 4.45. The van der Waals surface area contributed by atoms with Gasteiger partial charge in [-0.15, -0.1) is 0 Å². The van der Waals surface area contributed by atoms with E-state index in [9.17, 15) is 4.79 Å². The molecule has 0 saturated heterocycles. The Morgan fingerprint density at radius 2 is 2.29 bits per heavy atom. The van der Waals surface area contributed by atoms with Crippen LogP contribution in [0.15, 0.2) is 24.4 Å². The van der Waals surface area contributed by atoms with Gasteiger partial charge in [0.2, 0.25) is 0 Å². The Labute approximate surface area is 99.8 Å². The number of carbonyl (C=O) groups is 1. The van der Waals surface area contributed by atoms with Crippen LogP contribution in [0.4, 0.5) is 5.82 Å². The Bertz CT molecular complexity index is 524. The molecule has 0 atom stereocenters. The number of aromatic amines is 1. The molecule has 0 aliphatic carbocycles. The molecule has 0 unspecified atom stereocenters. The van der Waals surface area contributed by atoms with Gasteiger partial charge in [-0.3, -0.25) is 9.89 Å². The number of aromatic nitrogens is 3. The number of carbonyl (C=O) groups excluding carboxylic acids is 1. The van der Waals surface area contributed by atoms with Crippen LogP contribution in [-0.4, -0.2) is 20.7 Å². The zero-order valence-electron chi connectivity index (χ0n) is 10.2. The van der Waals surface area contributed by atoms with Gasteiger partial charge in [0.25, 0.3) is 5.91 Å². The van der Waals surface area contributed by atoms with Crippen molar-refractivity contribution < 1.29 is 4.79 Å². The van der Waals surface area contributed by atoms with Crippen LogP contribution in [0, 0.1) is 0 Å². The zero-order chi connectivity index (χ0) is 12.4. The third-order valence-electron chi connectivity index (χ3n) is 2.64. The predicted molar refractivity (Wildman–Crippen MR) is 66.0 cm³/mol. The number of amides is 1. The SMILES string of the molecule is CC(C)c1cc(NC(=O)c2cccn2C)n[nH]1. The van der Waals surface area contributed by atoms with E-state index in [1.165, 1.54) is 0 Å². The summed E-state index contributed by atoms with van der Waals surface area (Å²) >= 11 is 0. The molecule has 1 amide bonds. The maximum Gasteiger partial charge on any atom is 0.273 e. The summed E-state index contributed by atoms with van der Waals surface area (Å²) in [4.78, 5) is 11.9. The molecular weight excluding hydrogens is 216 g/mol. The Kier molecular flexibility index (Phi) is 2.99. The molecule has 2 heterocycles. The molecule has 0 aliphatic rings. The molecular formula is C12H16N4O. The number of aryl methyl sites for hydroxylation is 1. The van der Waals surface area contributed by atoms with Crippen LogP contribution in [0.25, 0.3) is 0 Å².